The van der Waals surface area contributed by atoms with Crippen LogP contribution in [0.25, 0.3) is 22.4 Å². The third kappa shape index (κ3) is 3.62. The van der Waals surface area contributed by atoms with Crippen molar-refractivity contribution in [3.63, 3.8) is 0 Å². The Balaban J connectivity index is 1.66. The summed E-state index contributed by atoms with van der Waals surface area (Å²) in [4.78, 5) is 29.3. The first-order chi connectivity index (χ1) is 13.9. The molecule has 1 amide bonds. The molecule has 0 saturated carbocycles. The van der Waals surface area contributed by atoms with Gasteiger partial charge in [0.05, 0.1) is 0 Å². The standard InChI is InChI=1S/C20H14ClFN4O3/c1-11-6-7-12(8-14(11)21)24-16(27)9-26-10-23-19-17(20(26)28)18(25-29-19)13-4-2-3-5-15(13)22/h2-8,10H,9H2,1H3,(H,24,27). The van der Waals surface area contributed by atoms with E-state index >= 15 is 0 Å². The summed E-state index contributed by atoms with van der Waals surface area (Å²) in [5, 5.41) is 6.98. The fourth-order valence-corrected chi connectivity index (χ4v) is 3.04. The van der Waals surface area contributed by atoms with Crippen LogP contribution in [-0.4, -0.2) is 20.6 Å². The minimum absolute atomic E-state index is 0.00350. The second kappa shape index (κ2) is 7.48. The van der Waals surface area contributed by atoms with Crippen molar-refractivity contribution in [3.8, 4) is 11.3 Å². The van der Waals surface area contributed by atoms with Gasteiger partial charge in [-0.3, -0.25) is 14.2 Å². The van der Waals surface area contributed by atoms with Gasteiger partial charge in [-0.2, -0.15) is 0 Å². The molecule has 0 atom stereocenters. The third-order valence-corrected chi connectivity index (χ3v) is 4.77. The number of hydrogen-bond donors (Lipinski definition) is 1. The van der Waals surface area contributed by atoms with Crippen molar-refractivity contribution in [2.45, 2.75) is 13.5 Å². The Morgan fingerprint density at radius 3 is 2.83 bits per heavy atom. The van der Waals surface area contributed by atoms with Crippen molar-refractivity contribution >= 4 is 34.3 Å². The molecule has 4 rings (SSSR count). The first kappa shape index (κ1) is 18.8. The molecular formula is C20H14ClFN4O3. The maximum Gasteiger partial charge on any atom is 0.267 e. The lowest BCUT2D eigenvalue weighted by Gasteiger charge is -2.08. The van der Waals surface area contributed by atoms with E-state index in [9.17, 15) is 14.0 Å². The Kier molecular flexibility index (Phi) is 4.85. The Hall–Kier alpha value is -3.52. The van der Waals surface area contributed by atoms with Gasteiger partial charge in [0.1, 0.15) is 29.8 Å². The van der Waals surface area contributed by atoms with Gasteiger partial charge in [-0.05, 0) is 36.8 Å². The summed E-state index contributed by atoms with van der Waals surface area (Å²) in [5.41, 5.74) is 0.938. The van der Waals surface area contributed by atoms with E-state index < -0.39 is 17.3 Å². The number of carbonyl (C=O) groups excluding carboxylic acids is 1. The SMILES string of the molecule is Cc1ccc(NC(=O)Cn2cnc3onc(-c4ccccc4F)c3c2=O)cc1Cl. The molecule has 2 aromatic carbocycles. The van der Waals surface area contributed by atoms with Crippen molar-refractivity contribution in [2.75, 3.05) is 5.32 Å². The first-order valence-electron chi connectivity index (χ1n) is 8.60. The lowest BCUT2D eigenvalue weighted by atomic mass is 10.1. The zero-order valence-corrected chi connectivity index (χ0v) is 15.9. The molecule has 0 aliphatic heterocycles. The molecule has 9 heteroatoms. The molecule has 2 aromatic heterocycles. The number of rotatable bonds is 4. The van der Waals surface area contributed by atoms with Crippen molar-refractivity contribution in [2.24, 2.45) is 0 Å². The molecule has 29 heavy (non-hydrogen) atoms. The molecule has 0 fully saturated rings. The predicted octanol–water partition coefficient (Wildman–Crippen LogP) is 3.79. The quantitative estimate of drug-likeness (QED) is 0.550. The molecule has 0 bridgehead atoms. The minimum Gasteiger partial charge on any atom is -0.335 e. The van der Waals surface area contributed by atoms with Crippen molar-refractivity contribution in [1.29, 1.82) is 0 Å². The van der Waals surface area contributed by atoms with Gasteiger partial charge in [0.15, 0.2) is 0 Å². The summed E-state index contributed by atoms with van der Waals surface area (Å²) in [6.07, 6.45) is 1.18. The minimum atomic E-state index is -0.563. The van der Waals surface area contributed by atoms with E-state index in [-0.39, 0.29) is 28.9 Å². The van der Waals surface area contributed by atoms with Gasteiger partial charge in [0.25, 0.3) is 11.3 Å². The number of aromatic nitrogens is 3. The molecule has 0 spiro atoms. The Morgan fingerprint density at radius 2 is 2.07 bits per heavy atom. The normalized spacial score (nSPS) is 11.0. The van der Waals surface area contributed by atoms with Crippen LogP contribution in [0, 0.1) is 12.7 Å². The van der Waals surface area contributed by atoms with Gasteiger partial charge in [-0.25, -0.2) is 9.37 Å². The summed E-state index contributed by atoms with van der Waals surface area (Å²) in [6, 6.07) is 11.0. The monoisotopic (exact) mass is 412 g/mol. The van der Waals surface area contributed by atoms with E-state index in [4.69, 9.17) is 16.1 Å². The molecule has 0 aliphatic rings. The van der Waals surface area contributed by atoms with Gasteiger partial charge < -0.3 is 9.84 Å². The average Bonchev–Trinajstić information content (AvgIpc) is 3.12. The molecule has 7 nitrogen and oxygen atoms in total. The highest BCUT2D eigenvalue weighted by Crippen LogP contribution is 2.26. The summed E-state index contributed by atoms with van der Waals surface area (Å²) in [5.74, 6) is -0.997. The number of fused-ring (bicyclic) bond motifs is 1. The van der Waals surface area contributed by atoms with Crippen LogP contribution < -0.4 is 10.9 Å². The van der Waals surface area contributed by atoms with E-state index in [0.717, 1.165) is 10.1 Å². The number of aryl methyl sites for hydroxylation is 1. The number of nitrogens with one attached hydrogen (secondary N) is 1. The zero-order valence-electron chi connectivity index (χ0n) is 15.1. The number of benzene rings is 2. The smallest absolute Gasteiger partial charge is 0.267 e. The fraction of sp³-hybridized carbons (Fsp3) is 0.100. The third-order valence-electron chi connectivity index (χ3n) is 4.36. The number of anilines is 1. The van der Waals surface area contributed by atoms with E-state index in [1.54, 1.807) is 24.3 Å². The Morgan fingerprint density at radius 1 is 1.28 bits per heavy atom. The van der Waals surface area contributed by atoms with Crippen LogP contribution in [0.15, 0.2) is 58.1 Å². The number of nitrogens with zero attached hydrogens (tertiary/aromatic N) is 3. The van der Waals surface area contributed by atoms with Crippen LogP contribution in [0.4, 0.5) is 10.1 Å². The molecule has 1 N–H and O–H groups in total. The summed E-state index contributed by atoms with van der Waals surface area (Å²) in [7, 11) is 0. The van der Waals surface area contributed by atoms with Gasteiger partial charge >= 0.3 is 0 Å². The second-order valence-electron chi connectivity index (χ2n) is 6.38. The van der Waals surface area contributed by atoms with Crippen LogP contribution in [0.5, 0.6) is 0 Å². The van der Waals surface area contributed by atoms with Crippen LogP contribution >= 0.6 is 11.6 Å². The maximum absolute atomic E-state index is 14.1. The van der Waals surface area contributed by atoms with E-state index in [2.05, 4.69) is 15.5 Å². The highest BCUT2D eigenvalue weighted by Gasteiger charge is 2.20. The largest absolute Gasteiger partial charge is 0.335 e. The van der Waals surface area contributed by atoms with E-state index in [1.165, 1.54) is 24.5 Å². The first-order valence-corrected chi connectivity index (χ1v) is 8.97. The van der Waals surface area contributed by atoms with Crippen molar-refractivity contribution < 1.29 is 13.7 Å². The van der Waals surface area contributed by atoms with Crippen LogP contribution in [0.1, 0.15) is 5.56 Å². The second-order valence-corrected chi connectivity index (χ2v) is 6.79. The number of carbonyl (C=O) groups is 1. The predicted molar refractivity (Wildman–Crippen MR) is 106 cm³/mol. The molecule has 0 unspecified atom stereocenters. The molecule has 0 radical (unpaired) electrons. The molecule has 4 aromatic rings. The van der Waals surface area contributed by atoms with Crippen LogP contribution in [0.3, 0.4) is 0 Å². The number of halogens is 2. The van der Waals surface area contributed by atoms with Gasteiger partial charge in [-0.1, -0.05) is 35.0 Å². The van der Waals surface area contributed by atoms with Gasteiger partial charge in [-0.15, -0.1) is 0 Å². The van der Waals surface area contributed by atoms with E-state index in [1.807, 2.05) is 6.92 Å². The average molecular weight is 413 g/mol. The Labute approximate surface area is 168 Å². The van der Waals surface area contributed by atoms with E-state index in [0.29, 0.717) is 10.7 Å². The maximum atomic E-state index is 14.1. The van der Waals surface area contributed by atoms with Crippen LogP contribution in [-0.2, 0) is 11.3 Å². The summed E-state index contributed by atoms with van der Waals surface area (Å²) in [6.45, 7) is 1.55. The lowest BCUT2D eigenvalue weighted by molar-refractivity contribution is -0.116. The van der Waals surface area contributed by atoms with Crippen molar-refractivity contribution in [3.05, 3.63) is 75.5 Å². The zero-order chi connectivity index (χ0) is 20.5. The topological polar surface area (TPSA) is 90.0 Å². The molecule has 146 valence electrons. The highest BCUT2D eigenvalue weighted by atomic mass is 35.5. The summed E-state index contributed by atoms with van der Waals surface area (Å²) >= 11 is 6.06. The fourth-order valence-electron chi connectivity index (χ4n) is 2.86. The summed E-state index contributed by atoms with van der Waals surface area (Å²) < 4.78 is 20.3. The molecule has 0 aliphatic carbocycles. The van der Waals surface area contributed by atoms with Gasteiger partial charge in [0, 0.05) is 16.3 Å². The molecule has 0 saturated heterocycles. The van der Waals surface area contributed by atoms with Crippen molar-refractivity contribution in [1.82, 2.24) is 14.7 Å². The highest BCUT2D eigenvalue weighted by molar-refractivity contribution is 6.31. The molecular weight excluding hydrogens is 399 g/mol. The lowest BCUT2D eigenvalue weighted by Crippen LogP contribution is -2.27. The molecule has 2 heterocycles. The number of amides is 1. The van der Waals surface area contributed by atoms with Crippen LogP contribution in [0.2, 0.25) is 5.02 Å². The Bertz CT molecular complexity index is 1300. The van der Waals surface area contributed by atoms with Gasteiger partial charge in [0.2, 0.25) is 5.91 Å². The number of hydrogen-bond acceptors (Lipinski definition) is 5.